The van der Waals surface area contributed by atoms with Crippen LogP contribution in [0.1, 0.15) is 11.3 Å². The van der Waals surface area contributed by atoms with Gasteiger partial charge in [0.1, 0.15) is 5.76 Å². The van der Waals surface area contributed by atoms with Crippen molar-refractivity contribution < 1.29 is 18.4 Å². The Labute approximate surface area is 147 Å². The maximum absolute atomic E-state index is 12.7. The molecule has 2 aromatic rings. The van der Waals surface area contributed by atoms with Crippen LogP contribution in [0.25, 0.3) is 5.76 Å². The third kappa shape index (κ3) is 3.71. The molecule has 0 N–H and O–H groups in total. The lowest BCUT2D eigenvalue weighted by Gasteiger charge is -2.26. The first-order valence-electron chi connectivity index (χ1n) is 7.56. The largest absolute Gasteiger partial charge is 0.497 e. The molecule has 1 aliphatic rings. The number of hydrogen-bond acceptors (Lipinski definition) is 5. The highest BCUT2D eigenvalue weighted by Crippen LogP contribution is 2.36. The minimum atomic E-state index is -2.51. The number of methoxy groups -OCH3 is 1. The van der Waals surface area contributed by atoms with Crippen LogP contribution in [0.4, 0.5) is 5.69 Å². The quantitative estimate of drug-likeness (QED) is 0.585. The highest BCUT2D eigenvalue weighted by atomic mass is 32.2. The lowest BCUT2D eigenvalue weighted by Crippen LogP contribution is -2.29. The van der Waals surface area contributed by atoms with Crippen LogP contribution in [0.3, 0.4) is 0 Å². The van der Waals surface area contributed by atoms with Gasteiger partial charge in [0.05, 0.1) is 25.0 Å². The Morgan fingerprint density at radius 3 is 2.72 bits per heavy atom. The number of fused-ring (bicyclic) bond motifs is 1. The second-order valence-corrected chi connectivity index (χ2v) is 8.06. The Morgan fingerprint density at radius 2 is 2.08 bits per heavy atom. The van der Waals surface area contributed by atoms with Crippen molar-refractivity contribution in [2.24, 2.45) is 0 Å². The summed E-state index contributed by atoms with van der Waals surface area (Å²) in [4.78, 5) is 4.41. The van der Waals surface area contributed by atoms with Gasteiger partial charge in [-0.15, -0.1) is 0 Å². The third-order valence-corrected chi connectivity index (χ3v) is 5.08. The van der Waals surface area contributed by atoms with E-state index >= 15 is 0 Å². The van der Waals surface area contributed by atoms with Crippen LogP contribution in [0.5, 0.6) is 11.5 Å². The van der Waals surface area contributed by atoms with E-state index < -0.39 is 9.71 Å². The van der Waals surface area contributed by atoms with Gasteiger partial charge in [-0.25, -0.2) is 4.21 Å². The molecule has 2 heterocycles. The molecule has 0 fully saturated rings. The molecular formula is C18H20N2O4S. The smallest absolute Gasteiger partial charge is 0.231 e. The van der Waals surface area contributed by atoms with Crippen molar-refractivity contribution in [3.63, 3.8) is 0 Å². The molecule has 1 aliphatic heterocycles. The summed E-state index contributed by atoms with van der Waals surface area (Å²) >= 11 is 0. The highest BCUT2D eigenvalue weighted by Gasteiger charge is 2.19. The second-order valence-electron chi connectivity index (χ2n) is 5.70. The van der Waals surface area contributed by atoms with E-state index in [-0.39, 0.29) is 6.79 Å². The van der Waals surface area contributed by atoms with Gasteiger partial charge in [-0.1, -0.05) is 6.58 Å². The van der Waals surface area contributed by atoms with Gasteiger partial charge in [0.15, 0.2) is 11.5 Å². The average molecular weight is 360 g/mol. The Kier molecular flexibility index (Phi) is 4.59. The van der Waals surface area contributed by atoms with Crippen molar-refractivity contribution in [3.05, 3.63) is 54.4 Å². The molecule has 0 aliphatic carbocycles. The number of pyridine rings is 1. The second kappa shape index (κ2) is 6.68. The van der Waals surface area contributed by atoms with Crippen molar-refractivity contribution in [2.45, 2.75) is 6.54 Å². The summed E-state index contributed by atoms with van der Waals surface area (Å²) in [5, 5.41) is 0. The number of nitrogens with zero attached hydrogens (tertiary/aromatic N) is 2. The van der Waals surface area contributed by atoms with Crippen LogP contribution in [0, 0.1) is 0 Å². The first-order valence-corrected chi connectivity index (χ1v) is 9.65. The molecule has 1 unspecified atom stereocenters. The summed E-state index contributed by atoms with van der Waals surface area (Å²) in [5.74, 6) is 5.67. The molecule has 1 aromatic heterocycles. The summed E-state index contributed by atoms with van der Waals surface area (Å²) in [6, 6.07) is 9.16. The fraction of sp³-hybridized carbons (Fsp3) is 0.222. The monoisotopic (exact) mass is 360 g/mol. The van der Waals surface area contributed by atoms with Crippen LogP contribution in [0.15, 0.2) is 43.1 Å². The van der Waals surface area contributed by atoms with Crippen molar-refractivity contribution in [1.29, 1.82) is 0 Å². The van der Waals surface area contributed by atoms with E-state index in [0.717, 1.165) is 16.9 Å². The molecule has 3 rings (SSSR count). The molecule has 7 heteroatoms. The van der Waals surface area contributed by atoms with E-state index in [1.807, 2.05) is 18.2 Å². The van der Waals surface area contributed by atoms with Crippen LogP contribution in [0.2, 0.25) is 0 Å². The molecular weight excluding hydrogens is 340 g/mol. The van der Waals surface area contributed by atoms with Crippen molar-refractivity contribution in [1.82, 2.24) is 4.98 Å². The van der Waals surface area contributed by atoms with Crippen LogP contribution >= 0.6 is 0 Å². The highest BCUT2D eigenvalue weighted by molar-refractivity contribution is 8.00. The molecule has 6 nitrogen and oxygen atoms in total. The van der Waals surface area contributed by atoms with Gasteiger partial charge in [-0.05, 0) is 30.1 Å². The molecule has 1 atom stereocenters. The predicted molar refractivity (Wildman–Crippen MR) is 100 cm³/mol. The Morgan fingerprint density at radius 1 is 1.32 bits per heavy atom. The SMILES string of the molecule is C=C(OC)c1ccc(CN(c2ccc3c(c2)OCO3)S(=C)(C)=O)nc1. The fourth-order valence-corrected chi connectivity index (χ4v) is 3.40. The van der Waals surface area contributed by atoms with E-state index in [0.29, 0.717) is 23.8 Å². The van der Waals surface area contributed by atoms with Crippen LogP contribution in [-0.2, 0) is 21.0 Å². The van der Waals surface area contributed by atoms with Crippen molar-refractivity contribution in [2.75, 3.05) is 24.5 Å². The van der Waals surface area contributed by atoms with Crippen molar-refractivity contribution >= 4 is 27.0 Å². The molecule has 25 heavy (non-hydrogen) atoms. The molecule has 0 bridgehead atoms. The summed E-state index contributed by atoms with van der Waals surface area (Å²) in [7, 11) is -0.948. The molecule has 0 saturated heterocycles. The van der Waals surface area contributed by atoms with E-state index in [2.05, 4.69) is 17.4 Å². The van der Waals surface area contributed by atoms with Gasteiger partial charge < -0.3 is 14.2 Å². The normalized spacial score (nSPS) is 14.6. The molecule has 132 valence electrons. The number of rotatable bonds is 6. The van der Waals surface area contributed by atoms with Crippen LogP contribution < -0.4 is 13.8 Å². The molecule has 1 aromatic carbocycles. The van der Waals surface area contributed by atoms with Gasteiger partial charge in [0.25, 0.3) is 0 Å². The van der Waals surface area contributed by atoms with E-state index in [1.165, 1.54) is 0 Å². The summed E-state index contributed by atoms with van der Waals surface area (Å²) in [5.41, 5.74) is 2.29. The lowest BCUT2D eigenvalue weighted by atomic mass is 10.2. The van der Waals surface area contributed by atoms with E-state index in [4.69, 9.17) is 14.2 Å². The molecule has 0 amide bonds. The van der Waals surface area contributed by atoms with Gasteiger partial charge in [0.2, 0.25) is 6.79 Å². The number of anilines is 1. The zero-order valence-electron chi connectivity index (χ0n) is 14.2. The topological polar surface area (TPSA) is 60.9 Å². The first-order chi connectivity index (χ1) is 11.9. The Hall–Kier alpha value is -2.67. The molecule has 0 radical (unpaired) electrons. The average Bonchev–Trinajstić information content (AvgIpc) is 3.06. The molecule has 0 saturated carbocycles. The van der Waals surface area contributed by atoms with Crippen LogP contribution in [-0.4, -0.2) is 35.2 Å². The van der Waals surface area contributed by atoms with E-state index in [1.54, 1.807) is 36.0 Å². The minimum absolute atomic E-state index is 0.192. The Bertz CT molecular complexity index is 892. The fourth-order valence-electron chi connectivity index (χ4n) is 2.44. The zero-order chi connectivity index (χ0) is 18.0. The summed E-state index contributed by atoms with van der Waals surface area (Å²) < 4.78 is 30.2. The van der Waals surface area contributed by atoms with Gasteiger partial charge in [-0.3, -0.25) is 9.29 Å². The van der Waals surface area contributed by atoms with E-state index in [9.17, 15) is 4.21 Å². The Balaban J connectivity index is 1.89. The summed E-state index contributed by atoms with van der Waals surface area (Å²) in [6.07, 6.45) is 3.28. The number of ether oxygens (including phenoxy) is 3. The standard InChI is InChI=1S/C18H20N2O4S/c1-13(22-2)14-5-6-15(19-10-14)11-20(25(3,4)21)16-7-8-17-18(9-16)24-12-23-17/h5-10H,1,3,11-12H2,2,4H3. The minimum Gasteiger partial charge on any atom is -0.497 e. The molecule has 0 spiro atoms. The number of aromatic nitrogens is 1. The first kappa shape index (κ1) is 17.2. The third-order valence-electron chi connectivity index (χ3n) is 3.81. The van der Waals surface area contributed by atoms with Gasteiger partial charge in [0, 0.05) is 33.8 Å². The number of hydrogen-bond donors (Lipinski definition) is 0. The maximum Gasteiger partial charge on any atom is 0.231 e. The van der Waals surface area contributed by atoms with Crippen molar-refractivity contribution in [3.8, 4) is 11.5 Å². The van der Waals surface area contributed by atoms with Gasteiger partial charge in [-0.2, -0.15) is 0 Å². The zero-order valence-corrected chi connectivity index (χ0v) is 15.0. The maximum atomic E-state index is 12.7. The lowest BCUT2D eigenvalue weighted by molar-refractivity contribution is 0.174. The predicted octanol–water partition coefficient (Wildman–Crippen LogP) is 2.70. The number of benzene rings is 1. The summed E-state index contributed by atoms with van der Waals surface area (Å²) in [6.45, 7) is 4.34. The van der Waals surface area contributed by atoms with Gasteiger partial charge >= 0.3 is 0 Å².